The van der Waals surface area contributed by atoms with Crippen LogP contribution in [0.1, 0.15) is 15.7 Å². The van der Waals surface area contributed by atoms with Gasteiger partial charge in [-0.05, 0) is 0 Å². The van der Waals surface area contributed by atoms with Crippen LogP contribution in [-0.4, -0.2) is 6.88 Å². The molecular weight excluding hydrogens is 239 g/mol. The minimum absolute atomic E-state index is 0. The van der Waals surface area contributed by atoms with Crippen LogP contribution in [0.2, 0.25) is 0 Å². The zero-order valence-electron chi connectivity index (χ0n) is 9.09. The number of allylic oxidation sites excluding steroid dienone is 8. The van der Waals surface area contributed by atoms with Gasteiger partial charge in [-0.25, -0.2) is 24.3 Å². The van der Waals surface area contributed by atoms with Crippen LogP contribution < -0.4 is 0 Å². The Hall–Kier alpha value is 0.0600. The number of hydrogen-bond acceptors (Lipinski definition) is 0. The van der Waals surface area contributed by atoms with Gasteiger partial charge in [0.2, 0.25) is 0 Å². The van der Waals surface area contributed by atoms with Gasteiger partial charge in [0.15, 0.2) is 0 Å². The van der Waals surface area contributed by atoms with Crippen LogP contribution in [0, 0.1) is 12.2 Å². The second-order valence-corrected chi connectivity index (χ2v) is 2.01. The Labute approximate surface area is 94.3 Å². The van der Waals surface area contributed by atoms with Gasteiger partial charge >= 0.3 is 30.2 Å². The first-order valence-electron chi connectivity index (χ1n) is 3.79. The first-order chi connectivity index (χ1) is 6.00. The molecule has 0 N–H and O–H groups in total. The summed E-state index contributed by atoms with van der Waals surface area (Å²) in [6, 6.07) is 0. The molecule has 2 rings (SSSR count). The molecule has 0 aromatic rings. The average Bonchev–Trinajstić information content (AvgIpc) is 2.87. The predicted molar refractivity (Wildman–Crippen MR) is 53.9 cm³/mol. The van der Waals surface area contributed by atoms with Crippen molar-refractivity contribution in [3.05, 3.63) is 48.6 Å². The molecular formula is C10H14SiZr-2. The topological polar surface area (TPSA) is 0 Å². The Morgan fingerprint density at radius 3 is 1.50 bits per heavy atom. The maximum atomic E-state index is 2.99. The van der Waals surface area contributed by atoms with Crippen molar-refractivity contribution >= 4 is 6.88 Å². The van der Waals surface area contributed by atoms with Gasteiger partial charge in [0.05, 0.1) is 0 Å². The quantitative estimate of drug-likeness (QED) is 0.457. The van der Waals surface area contributed by atoms with Crippen LogP contribution >= 0.6 is 0 Å². The molecule has 2 aliphatic carbocycles. The molecule has 0 fully saturated rings. The molecule has 0 amide bonds. The Morgan fingerprint density at radius 2 is 1.42 bits per heavy atom. The van der Waals surface area contributed by atoms with Crippen LogP contribution in [0.3, 0.4) is 0 Å². The molecule has 0 radical (unpaired) electrons. The third-order valence-corrected chi connectivity index (χ3v) is 1.17. The average molecular weight is 254 g/mol. The van der Waals surface area contributed by atoms with Crippen molar-refractivity contribution in [2.75, 3.05) is 0 Å². The number of hydrogen-bond donors (Lipinski definition) is 0. The van der Waals surface area contributed by atoms with Gasteiger partial charge in [-0.1, -0.05) is 0 Å². The summed E-state index contributed by atoms with van der Waals surface area (Å²) in [6.45, 7) is 1.95. The second kappa shape index (κ2) is 11.1. The molecule has 2 heteroatoms. The molecule has 0 atom stereocenters. The third-order valence-electron chi connectivity index (χ3n) is 1.17. The monoisotopic (exact) mass is 252 g/mol. The van der Waals surface area contributed by atoms with Crippen molar-refractivity contribution in [3.8, 4) is 0 Å². The van der Waals surface area contributed by atoms with Gasteiger partial charge in [0.25, 0.3) is 0 Å². The molecule has 12 heavy (non-hydrogen) atoms. The fraction of sp³-hybridized carbons (Fsp3) is 0.200. The van der Waals surface area contributed by atoms with Gasteiger partial charge in [0, 0.05) is 0 Å². The molecule has 0 saturated carbocycles. The molecule has 0 aliphatic heterocycles. The molecule has 0 heterocycles. The maximum absolute atomic E-state index is 2.99. The molecule has 0 saturated heterocycles. The van der Waals surface area contributed by atoms with Crippen molar-refractivity contribution in [1.82, 2.24) is 0 Å². The van der Waals surface area contributed by atoms with Crippen LogP contribution in [0.25, 0.3) is 0 Å². The summed E-state index contributed by atoms with van der Waals surface area (Å²) in [5.74, 6) is 0. The Morgan fingerprint density at radius 1 is 1.00 bits per heavy atom. The van der Waals surface area contributed by atoms with E-state index >= 15 is 0 Å². The minimum atomic E-state index is 0. The summed E-state index contributed by atoms with van der Waals surface area (Å²) in [4.78, 5) is 0. The fourth-order valence-corrected chi connectivity index (χ4v) is 0.680. The van der Waals surface area contributed by atoms with Gasteiger partial charge in [0.1, 0.15) is 0 Å². The van der Waals surface area contributed by atoms with Gasteiger partial charge in [-0.2, -0.15) is 12.2 Å². The molecule has 2 aliphatic rings. The van der Waals surface area contributed by atoms with Gasteiger partial charge in [-0.15, -0.1) is 12.8 Å². The first kappa shape index (κ1) is 12.1. The van der Waals surface area contributed by atoms with E-state index in [4.69, 9.17) is 0 Å². The van der Waals surface area contributed by atoms with Crippen LogP contribution in [-0.2, 0) is 23.3 Å². The van der Waals surface area contributed by atoms with E-state index in [2.05, 4.69) is 24.3 Å². The zero-order valence-corrected chi connectivity index (χ0v) is 11.0. The van der Waals surface area contributed by atoms with Crippen molar-refractivity contribution in [1.29, 1.82) is 0 Å². The molecule has 0 bridgehead atoms. The van der Waals surface area contributed by atoms with E-state index in [1.54, 1.807) is 23.3 Å². The van der Waals surface area contributed by atoms with Gasteiger partial charge < -0.3 is 2.85 Å². The van der Waals surface area contributed by atoms with Crippen LogP contribution in [0.15, 0.2) is 36.5 Å². The molecule has 0 nitrogen and oxygen atoms in total. The molecule has 64 valence electrons. The summed E-state index contributed by atoms with van der Waals surface area (Å²) in [5, 5.41) is 0. The molecule has 0 aromatic carbocycles. The Kier molecular flexibility index (Phi) is 11.1. The molecule has 0 spiro atoms. The van der Waals surface area contributed by atoms with Crippen molar-refractivity contribution in [2.24, 2.45) is 0 Å². The first-order valence-corrected chi connectivity index (χ1v) is 9.71. The summed E-state index contributed by atoms with van der Waals surface area (Å²) in [5.41, 5.74) is 0. The van der Waals surface area contributed by atoms with E-state index in [9.17, 15) is 0 Å². The van der Waals surface area contributed by atoms with Crippen LogP contribution in [0.4, 0.5) is 0 Å². The van der Waals surface area contributed by atoms with Crippen molar-refractivity contribution < 1.29 is 26.2 Å². The summed E-state index contributed by atoms with van der Waals surface area (Å²) in [7, 11) is 0. The van der Waals surface area contributed by atoms with E-state index in [0.717, 1.165) is 12.8 Å². The van der Waals surface area contributed by atoms with Gasteiger partial charge in [-0.3, -0.25) is 12.2 Å². The fourth-order valence-electron chi connectivity index (χ4n) is 0.680. The Balaban J connectivity index is -0.000000131. The summed E-state index contributed by atoms with van der Waals surface area (Å²) < 4.78 is 0. The number of rotatable bonds is 0. The SMILES string of the molecule is [C-]1=CC=CC1.[C-]1=CC=CC1.[H-].[H-].[SiH2]=[Zr+2]. The third kappa shape index (κ3) is 8.16. The second-order valence-electron chi connectivity index (χ2n) is 2.01. The Bertz CT molecular complexity index is 168. The normalized spacial score (nSPS) is 15.2. The van der Waals surface area contributed by atoms with E-state index in [1.165, 1.54) is 0 Å². The van der Waals surface area contributed by atoms with E-state index in [-0.39, 0.29) is 2.85 Å². The zero-order chi connectivity index (χ0) is 9.07. The standard InChI is InChI=1S/2C5H5.H2Si.Zr.2H/c2*1-2-4-5-3-1;;;;/h2*1-3H,4H2;1H2;;;/q2*-1;;+2;2*-1. The molecule has 0 aromatic heterocycles. The van der Waals surface area contributed by atoms with E-state index < -0.39 is 0 Å². The van der Waals surface area contributed by atoms with Crippen molar-refractivity contribution in [2.45, 2.75) is 12.8 Å². The molecule has 0 unspecified atom stereocenters. The van der Waals surface area contributed by atoms with E-state index in [0.29, 0.717) is 0 Å². The summed E-state index contributed by atoms with van der Waals surface area (Å²) in [6.07, 6.45) is 20.0. The summed E-state index contributed by atoms with van der Waals surface area (Å²) >= 11 is 1.58. The predicted octanol–water partition coefficient (Wildman–Crippen LogP) is 1.92. The van der Waals surface area contributed by atoms with Crippen LogP contribution in [0.5, 0.6) is 0 Å². The van der Waals surface area contributed by atoms with Crippen molar-refractivity contribution in [3.63, 3.8) is 0 Å². The van der Waals surface area contributed by atoms with E-state index in [1.807, 2.05) is 31.2 Å².